The zero-order chi connectivity index (χ0) is 13.6. The highest BCUT2D eigenvalue weighted by Crippen LogP contribution is 2.46. The Hall–Kier alpha value is -0.680. The smallest absolute Gasteiger partial charge is 0.232 e. The second kappa shape index (κ2) is 3.67. The third-order valence-corrected chi connectivity index (χ3v) is 2.17. The van der Waals surface area contributed by atoms with E-state index in [2.05, 4.69) is 0 Å². The molecule has 1 unspecified atom stereocenters. The van der Waals surface area contributed by atoms with Crippen molar-refractivity contribution in [1.29, 1.82) is 0 Å². The Morgan fingerprint density at radius 1 is 0.875 bits per heavy atom. The van der Waals surface area contributed by atoms with Crippen LogP contribution in [0.3, 0.4) is 0 Å². The Balaban J connectivity index is 5.48. The molecule has 0 heterocycles. The molecule has 0 aromatic carbocycles. The van der Waals surface area contributed by atoms with E-state index in [1.807, 2.05) is 0 Å². The summed E-state index contributed by atoms with van der Waals surface area (Å²) >= 11 is 0. The maximum Gasteiger partial charge on any atom is 0.456 e. The topological polar surface area (TPSA) is 34.1 Å². The first-order valence-corrected chi connectivity index (χ1v) is 4.44. The molecule has 0 bridgehead atoms. The van der Waals surface area contributed by atoms with E-state index < -0.39 is 33.7 Å². The molecule has 0 aliphatic carbocycles. The molecule has 0 fully saturated rings. The maximum absolute atomic E-state index is 12.1. The van der Waals surface area contributed by atoms with Gasteiger partial charge in [-0.3, -0.25) is 0 Å². The van der Waals surface area contributed by atoms with Crippen molar-refractivity contribution in [3.63, 3.8) is 0 Å². The Bertz CT molecular complexity index is 354. The van der Waals surface area contributed by atoms with Crippen molar-refractivity contribution in [2.45, 2.75) is 23.5 Å². The van der Waals surface area contributed by atoms with Crippen LogP contribution in [0.1, 0.15) is 0 Å². The zero-order valence-corrected chi connectivity index (χ0v) is 7.52. The van der Waals surface area contributed by atoms with Crippen molar-refractivity contribution in [3.05, 3.63) is 0 Å². The third kappa shape index (κ3) is 2.35. The lowest BCUT2D eigenvalue weighted by Crippen LogP contribution is -2.54. The Labute approximate surface area is 82.2 Å². The largest absolute Gasteiger partial charge is 0.456 e. The van der Waals surface area contributed by atoms with Gasteiger partial charge in [-0.05, 0) is 0 Å². The number of alkyl halides is 8. The highest BCUT2D eigenvalue weighted by atomic mass is 32.3. The highest BCUT2D eigenvalue weighted by Gasteiger charge is 2.74. The summed E-state index contributed by atoms with van der Waals surface area (Å²) in [7, 11) is -7.23. The van der Waals surface area contributed by atoms with Crippen molar-refractivity contribution in [3.8, 4) is 0 Å². The van der Waals surface area contributed by atoms with E-state index in [-0.39, 0.29) is 0 Å². The molecule has 16 heavy (non-hydrogen) atoms. The minimum absolute atomic E-state index is 5.57. The van der Waals surface area contributed by atoms with E-state index >= 15 is 0 Å². The quantitative estimate of drug-likeness (QED) is 0.589. The molecule has 0 saturated carbocycles. The minimum Gasteiger partial charge on any atom is -0.232 e. The third-order valence-electron chi connectivity index (χ3n) is 1.32. The molecular weight excluding hydrogens is 283 g/mol. The van der Waals surface area contributed by atoms with Gasteiger partial charge in [-0.2, -0.15) is 39.2 Å². The average molecular weight is 284 g/mol. The van der Waals surface area contributed by atoms with Crippen molar-refractivity contribution >= 4 is 10.2 Å². The standard InChI is InChI=1S/C4HF9O2S/c5-1(2(6,7)4(10,11)12)3(8,9)16(13,14)15/h1H. The van der Waals surface area contributed by atoms with E-state index in [4.69, 9.17) is 0 Å². The normalized spacial score (nSPS) is 17.3. The van der Waals surface area contributed by atoms with Crippen LogP contribution in [0.25, 0.3) is 0 Å². The van der Waals surface area contributed by atoms with Gasteiger partial charge >= 0.3 is 27.6 Å². The first kappa shape index (κ1) is 15.3. The van der Waals surface area contributed by atoms with Crippen LogP contribution in [0.5, 0.6) is 0 Å². The lowest BCUT2D eigenvalue weighted by molar-refractivity contribution is -0.318. The van der Waals surface area contributed by atoms with Crippen molar-refractivity contribution in [2.75, 3.05) is 0 Å². The second-order valence-corrected chi connectivity index (χ2v) is 3.90. The van der Waals surface area contributed by atoms with Gasteiger partial charge in [0.25, 0.3) is 6.17 Å². The fraction of sp³-hybridized carbons (Fsp3) is 1.00. The van der Waals surface area contributed by atoms with Crippen LogP contribution in [0, 0.1) is 0 Å². The molecule has 2 nitrogen and oxygen atoms in total. The van der Waals surface area contributed by atoms with E-state index in [9.17, 15) is 47.4 Å². The summed E-state index contributed by atoms with van der Waals surface area (Å²) in [6, 6.07) is 0. The van der Waals surface area contributed by atoms with Crippen LogP contribution in [0.15, 0.2) is 0 Å². The Kier molecular flexibility index (Phi) is 3.51. The number of rotatable bonds is 3. The van der Waals surface area contributed by atoms with E-state index in [0.717, 1.165) is 0 Å². The van der Waals surface area contributed by atoms with Gasteiger partial charge in [-0.15, -0.1) is 0 Å². The fourth-order valence-corrected chi connectivity index (χ4v) is 0.874. The molecule has 98 valence electrons. The molecule has 0 aromatic heterocycles. The van der Waals surface area contributed by atoms with E-state index in [1.165, 1.54) is 0 Å². The molecule has 0 spiro atoms. The number of hydrogen-bond acceptors (Lipinski definition) is 2. The monoisotopic (exact) mass is 284 g/mol. The van der Waals surface area contributed by atoms with Crippen LogP contribution >= 0.6 is 0 Å². The molecule has 0 aromatic rings. The van der Waals surface area contributed by atoms with Crippen LogP contribution in [0.2, 0.25) is 0 Å². The van der Waals surface area contributed by atoms with Crippen LogP contribution in [0.4, 0.5) is 39.0 Å². The van der Waals surface area contributed by atoms with E-state index in [1.54, 1.807) is 0 Å². The summed E-state index contributed by atoms with van der Waals surface area (Å²) in [5.74, 6) is -6.70. The summed E-state index contributed by atoms with van der Waals surface area (Å²) in [6.45, 7) is 0. The predicted octanol–water partition coefficient (Wildman–Crippen LogP) is 2.41. The summed E-state index contributed by atoms with van der Waals surface area (Å²) in [6.07, 6.45) is -12.4. The molecule has 0 aliphatic rings. The first-order valence-electron chi connectivity index (χ1n) is 3.06. The first-order chi connectivity index (χ1) is 6.65. The molecule has 1 atom stereocenters. The zero-order valence-electron chi connectivity index (χ0n) is 6.70. The number of hydrogen-bond donors (Lipinski definition) is 0. The molecule has 0 rings (SSSR count). The van der Waals surface area contributed by atoms with Gasteiger partial charge in [-0.25, -0.2) is 4.39 Å². The number of halogens is 9. The van der Waals surface area contributed by atoms with Crippen molar-refractivity contribution in [2.24, 2.45) is 0 Å². The molecular formula is C4HF9O2S. The van der Waals surface area contributed by atoms with Gasteiger partial charge in [0.05, 0.1) is 0 Å². The van der Waals surface area contributed by atoms with Crippen LogP contribution in [-0.2, 0) is 10.2 Å². The van der Waals surface area contributed by atoms with Crippen LogP contribution < -0.4 is 0 Å². The summed E-state index contributed by atoms with van der Waals surface area (Å²) in [5.41, 5.74) is 0. The molecule has 0 radical (unpaired) electrons. The van der Waals surface area contributed by atoms with Gasteiger partial charge in [0.2, 0.25) is 0 Å². The van der Waals surface area contributed by atoms with Crippen molar-refractivity contribution in [1.82, 2.24) is 0 Å². The lowest BCUT2D eigenvalue weighted by Gasteiger charge is -2.26. The van der Waals surface area contributed by atoms with Gasteiger partial charge < -0.3 is 0 Å². The lowest BCUT2D eigenvalue weighted by atomic mass is 10.2. The SMILES string of the molecule is O=S(=O)(F)C(F)(F)C(F)C(F)(F)C(F)(F)F. The highest BCUT2D eigenvalue weighted by molar-refractivity contribution is 7.87. The second-order valence-electron chi connectivity index (χ2n) is 2.48. The molecule has 12 heteroatoms. The summed E-state index contributed by atoms with van der Waals surface area (Å²) in [5, 5.41) is -6.49. The average Bonchev–Trinajstić information content (AvgIpc) is 1.98. The molecule has 0 saturated heterocycles. The van der Waals surface area contributed by atoms with Gasteiger partial charge in [0, 0.05) is 0 Å². The van der Waals surface area contributed by atoms with Gasteiger partial charge in [0.1, 0.15) is 0 Å². The van der Waals surface area contributed by atoms with Gasteiger partial charge in [-0.1, -0.05) is 3.89 Å². The summed E-state index contributed by atoms with van der Waals surface area (Å²) < 4.78 is 125. The fourth-order valence-electron chi connectivity index (χ4n) is 0.478. The van der Waals surface area contributed by atoms with E-state index in [0.29, 0.717) is 0 Å². The molecule has 0 amide bonds. The van der Waals surface area contributed by atoms with Crippen LogP contribution in [-0.4, -0.2) is 31.9 Å². The molecule has 0 N–H and O–H groups in total. The Morgan fingerprint density at radius 3 is 1.38 bits per heavy atom. The predicted molar refractivity (Wildman–Crippen MR) is 30.9 cm³/mol. The van der Waals surface area contributed by atoms with Gasteiger partial charge in [0.15, 0.2) is 0 Å². The maximum atomic E-state index is 12.1. The minimum atomic E-state index is -7.23. The molecule has 0 aliphatic heterocycles. The summed E-state index contributed by atoms with van der Waals surface area (Å²) in [4.78, 5) is 0. The Morgan fingerprint density at radius 2 is 1.19 bits per heavy atom. The van der Waals surface area contributed by atoms with Crippen molar-refractivity contribution < 1.29 is 47.4 Å².